The van der Waals surface area contributed by atoms with Crippen LogP contribution in [-0.2, 0) is 6.54 Å². The van der Waals surface area contributed by atoms with Gasteiger partial charge in [0.05, 0.1) is 14.2 Å². The number of phenols is 1. The summed E-state index contributed by atoms with van der Waals surface area (Å²) in [6.45, 7) is 2.43. The molecule has 0 saturated carbocycles. The van der Waals surface area contributed by atoms with E-state index in [0.717, 1.165) is 16.8 Å². The SMILES string of the molecule is COc1ccc(NCc2cccc(C)c2O)cc1OC. The topological polar surface area (TPSA) is 50.7 Å². The second-order valence-electron chi connectivity index (χ2n) is 4.51. The first-order valence-corrected chi connectivity index (χ1v) is 6.39. The van der Waals surface area contributed by atoms with Crippen LogP contribution in [-0.4, -0.2) is 19.3 Å². The van der Waals surface area contributed by atoms with Gasteiger partial charge in [0.1, 0.15) is 5.75 Å². The molecule has 0 bridgehead atoms. The fraction of sp³-hybridized carbons (Fsp3) is 0.250. The van der Waals surface area contributed by atoms with Crippen molar-refractivity contribution in [1.29, 1.82) is 0 Å². The third kappa shape index (κ3) is 2.96. The zero-order chi connectivity index (χ0) is 14.5. The van der Waals surface area contributed by atoms with E-state index >= 15 is 0 Å². The lowest BCUT2D eigenvalue weighted by atomic mass is 10.1. The van der Waals surface area contributed by atoms with Gasteiger partial charge in [-0.25, -0.2) is 0 Å². The van der Waals surface area contributed by atoms with E-state index in [1.165, 1.54) is 0 Å². The van der Waals surface area contributed by atoms with Gasteiger partial charge in [0, 0.05) is 23.9 Å². The van der Waals surface area contributed by atoms with Crippen molar-refractivity contribution in [3.8, 4) is 17.2 Å². The quantitative estimate of drug-likeness (QED) is 0.877. The number of aromatic hydroxyl groups is 1. The average Bonchev–Trinajstić information content (AvgIpc) is 2.48. The fourth-order valence-electron chi connectivity index (χ4n) is 2.01. The van der Waals surface area contributed by atoms with Gasteiger partial charge in [0.15, 0.2) is 11.5 Å². The number of nitrogens with one attached hydrogen (secondary N) is 1. The van der Waals surface area contributed by atoms with Crippen LogP contribution in [0.1, 0.15) is 11.1 Å². The molecule has 0 spiro atoms. The van der Waals surface area contributed by atoms with Gasteiger partial charge >= 0.3 is 0 Å². The van der Waals surface area contributed by atoms with Crippen LogP contribution in [0, 0.1) is 6.92 Å². The van der Waals surface area contributed by atoms with E-state index in [2.05, 4.69) is 5.32 Å². The molecule has 0 radical (unpaired) electrons. The summed E-state index contributed by atoms with van der Waals surface area (Å²) < 4.78 is 10.5. The van der Waals surface area contributed by atoms with E-state index in [1.807, 2.05) is 43.3 Å². The molecule has 2 aromatic carbocycles. The Morgan fingerprint density at radius 2 is 1.80 bits per heavy atom. The van der Waals surface area contributed by atoms with E-state index in [-0.39, 0.29) is 0 Å². The number of phenolic OH excluding ortho intramolecular Hbond substituents is 1. The van der Waals surface area contributed by atoms with Crippen LogP contribution >= 0.6 is 0 Å². The van der Waals surface area contributed by atoms with Crippen molar-refractivity contribution < 1.29 is 14.6 Å². The zero-order valence-electron chi connectivity index (χ0n) is 11.9. The lowest BCUT2D eigenvalue weighted by molar-refractivity contribution is 0.355. The molecule has 0 aliphatic heterocycles. The van der Waals surface area contributed by atoms with Crippen molar-refractivity contribution in [3.63, 3.8) is 0 Å². The lowest BCUT2D eigenvalue weighted by Crippen LogP contribution is -2.01. The summed E-state index contributed by atoms with van der Waals surface area (Å²) in [5.41, 5.74) is 2.64. The molecule has 2 N–H and O–H groups in total. The minimum atomic E-state index is 0.334. The third-order valence-corrected chi connectivity index (χ3v) is 3.19. The third-order valence-electron chi connectivity index (χ3n) is 3.19. The number of hydrogen-bond acceptors (Lipinski definition) is 4. The number of methoxy groups -OCH3 is 2. The highest BCUT2D eigenvalue weighted by molar-refractivity contribution is 5.55. The molecule has 0 atom stereocenters. The summed E-state index contributed by atoms with van der Waals surface area (Å²) in [6, 6.07) is 11.3. The molecule has 106 valence electrons. The van der Waals surface area contributed by atoms with Gasteiger partial charge in [-0.3, -0.25) is 0 Å². The Bertz CT molecular complexity index is 596. The van der Waals surface area contributed by atoms with E-state index in [9.17, 15) is 5.11 Å². The Morgan fingerprint density at radius 3 is 2.50 bits per heavy atom. The summed E-state index contributed by atoms with van der Waals surface area (Å²) in [6.07, 6.45) is 0. The summed E-state index contributed by atoms with van der Waals surface area (Å²) in [4.78, 5) is 0. The van der Waals surface area contributed by atoms with Crippen LogP contribution in [0.2, 0.25) is 0 Å². The lowest BCUT2D eigenvalue weighted by Gasteiger charge is -2.12. The highest BCUT2D eigenvalue weighted by Gasteiger charge is 2.06. The molecule has 4 nitrogen and oxygen atoms in total. The second kappa shape index (κ2) is 6.19. The van der Waals surface area contributed by atoms with Crippen molar-refractivity contribution in [3.05, 3.63) is 47.5 Å². The van der Waals surface area contributed by atoms with Gasteiger partial charge in [-0.05, 0) is 24.6 Å². The van der Waals surface area contributed by atoms with Crippen molar-refractivity contribution in [2.45, 2.75) is 13.5 Å². The molecule has 0 fully saturated rings. The van der Waals surface area contributed by atoms with E-state index < -0.39 is 0 Å². The van der Waals surface area contributed by atoms with Gasteiger partial charge in [-0.2, -0.15) is 0 Å². The van der Waals surface area contributed by atoms with Crippen LogP contribution in [0.3, 0.4) is 0 Å². The highest BCUT2D eigenvalue weighted by Crippen LogP contribution is 2.30. The van der Waals surface area contributed by atoms with Gasteiger partial charge < -0.3 is 19.9 Å². The molecule has 0 amide bonds. The average molecular weight is 273 g/mol. The number of aryl methyl sites for hydroxylation is 1. The highest BCUT2D eigenvalue weighted by atomic mass is 16.5. The smallest absolute Gasteiger partial charge is 0.162 e. The van der Waals surface area contributed by atoms with Crippen molar-refractivity contribution in [2.75, 3.05) is 19.5 Å². The number of ether oxygens (including phenoxy) is 2. The molecule has 2 aromatic rings. The van der Waals surface area contributed by atoms with Crippen LogP contribution in [0.15, 0.2) is 36.4 Å². The maximum Gasteiger partial charge on any atom is 0.162 e. The second-order valence-corrected chi connectivity index (χ2v) is 4.51. The van der Waals surface area contributed by atoms with Crippen molar-refractivity contribution in [1.82, 2.24) is 0 Å². The van der Waals surface area contributed by atoms with Crippen molar-refractivity contribution >= 4 is 5.69 Å². The monoisotopic (exact) mass is 273 g/mol. The predicted octanol–water partition coefficient (Wildman–Crippen LogP) is 3.33. The van der Waals surface area contributed by atoms with E-state index in [1.54, 1.807) is 14.2 Å². The number of anilines is 1. The maximum atomic E-state index is 9.97. The van der Waals surface area contributed by atoms with Gasteiger partial charge in [0.2, 0.25) is 0 Å². The Balaban J connectivity index is 2.13. The van der Waals surface area contributed by atoms with E-state index in [4.69, 9.17) is 9.47 Å². The molecule has 20 heavy (non-hydrogen) atoms. The first-order chi connectivity index (χ1) is 9.65. The number of benzene rings is 2. The van der Waals surface area contributed by atoms with Gasteiger partial charge in [-0.1, -0.05) is 18.2 Å². The molecular formula is C16H19NO3. The minimum Gasteiger partial charge on any atom is -0.507 e. The Hall–Kier alpha value is -2.36. The minimum absolute atomic E-state index is 0.334. The molecule has 0 heterocycles. The molecular weight excluding hydrogens is 254 g/mol. The molecule has 0 aliphatic carbocycles. The largest absolute Gasteiger partial charge is 0.507 e. The van der Waals surface area contributed by atoms with E-state index in [0.29, 0.717) is 23.8 Å². The fourth-order valence-corrected chi connectivity index (χ4v) is 2.01. The summed E-state index contributed by atoms with van der Waals surface area (Å²) in [5, 5.41) is 13.2. The molecule has 0 unspecified atom stereocenters. The zero-order valence-corrected chi connectivity index (χ0v) is 11.9. The molecule has 0 aromatic heterocycles. The van der Waals surface area contributed by atoms with Crippen LogP contribution < -0.4 is 14.8 Å². The summed E-state index contributed by atoms with van der Waals surface area (Å²) >= 11 is 0. The molecule has 0 saturated heterocycles. The predicted molar refractivity (Wildman–Crippen MR) is 79.7 cm³/mol. The summed E-state index contributed by atoms with van der Waals surface area (Å²) in [7, 11) is 3.21. The Labute approximate surface area is 119 Å². The van der Waals surface area contributed by atoms with Crippen LogP contribution in [0.4, 0.5) is 5.69 Å². The Kier molecular flexibility index (Phi) is 4.35. The van der Waals surface area contributed by atoms with Gasteiger partial charge in [0.25, 0.3) is 0 Å². The number of rotatable bonds is 5. The molecule has 2 rings (SSSR count). The standard InChI is InChI=1S/C16H19NO3/c1-11-5-4-6-12(16(11)18)10-17-13-7-8-14(19-2)15(9-13)20-3/h4-9,17-18H,10H2,1-3H3. The Morgan fingerprint density at radius 1 is 1.05 bits per heavy atom. The maximum absolute atomic E-state index is 9.97. The van der Waals surface area contributed by atoms with Crippen molar-refractivity contribution in [2.24, 2.45) is 0 Å². The first-order valence-electron chi connectivity index (χ1n) is 6.39. The first kappa shape index (κ1) is 14.1. The number of para-hydroxylation sites is 1. The summed E-state index contributed by atoms with van der Waals surface area (Å²) in [5.74, 6) is 1.70. The normalized spacial score (nSPS) is 10.2. The molecule has 4 heteroatoms. The van der Waals surface area contributed by atoms with Crippen LogP contribution in [0.25, 0.3) is 0 Å². The number of hydrogen-bond donors (Lipinski definition) is 2. The van der Waals surface area contributed by atoms with Crippen LogP contribution in [0.5, 0.6) is 17.2 Å². The van der Waals surface area contributed by atoms with Gasteiger partial charge in [-0.15, -0.1) is 0 Å². The molecule has 0 aliphatic rings.